The lowest BCUT2D eigenvalue weighted by Crippen LogP contribution is -2.34. The molecule has 202 valence electrons. The molecule has 0 radical (unpaired) electrons. The first-order chi connectivity index (χ1) is 19.3. The fourth-order valence-electron chi connectivity index (χ4n) is 5.30. The standard InChI is InChI=1S/C30H27FN6O3/c1-3-21-15-26(29(38)36-13-5-12-35-11-4-6-27(35)18(36)2)33-28-16-25(34-37(21)28)22-9-7-19(14-23(22)31)24-10-8-20(17-32-24)30(39)40/h4,6-11,14-18H,3,5,12-13H2,1-2H3,(H,39,40)/t18-/m1/s1. The Balaban J connectivity index is 1.33. The van der Waals surface area contributed by atoms with E-state index in [1.54, 1.807) is 34.8 Å². The van der Waals surface area contributed by atoms with Crippen LogP contribution in [-0.4, -0.2) is 52.6 Å². The Morgan fingerprint density at radius 3 is 2.65 bits per heavy atom. The highest BCUT2D eigenvalue weighted by Gasteiger charge is 2.28. The smallest absolute Gasteiger partial charge is 0.337 e. The van der Waals surface area contributed by atoms with Crippen LogP contribution in [0.2, 0.25) is 0 Å². The summed E-state index contributed by atoms with van der Waals surface area (Å²) in [5.41, 5.74) is 4.42. The minimum absolute atomic E-state index is 0.0579. The summed E-state index contributed by atoms with van der Waals surface area (Å²) in [6.45, 7) is 5.51. The molecule has 9 nitrogen and oxygen atoms in total. The van der Waals surface area contributed by atoms with Gasteiger partial charge in [-0.25, -0.2) is 18.7 Å². The number of carboxylic acids is 1. The number of benzene rings is 1. The van der Waals surface area contributed by atoms with Crippen LogP contribution >= 0.6 is 0 Å². The van der Waals surface area contributed by atoms with Gasteiger partial charge < -0.3 is 14.6 Å². The van der Waals surface area contributed by atoms with E-state index in [2.05, 4.69) is 25.7 Å². The summed E-state index contributed by atoms with van der Waals surface area (Å²) < 4.78 is 19.2. The Labute approximate surface area is 229 Å². The molecule has 6 rings (SSSR count). The molecule has 40 heavy (non-hydrogen) atoms. The zero-order chi connectivity index (χ0) is 28.0. The number of rotatable bonds is 5. The number of hydrogen-bond acceptors (Lipinski definition) is 5. The normalized spacial score (nSPS) is 15.2. The molecule has 1 atom stereocenters. The lowest BCUT2D eigenvalue weighted by atomic mass is 10.1. The summed E-state index contributed by atoms with van der Waals surface area (Å²) in [4.78, 5) is 35.4. The second kappa shape index (κ2) is 10.0. The Morgan fingerprint density at radius 2 is 1.93 bits per heavy atom. The van der Waals surface area contributed by atoms with Gasteiger partial charge in [0, 0.05) is 54.1 Å². The first-order valence-corrected chi connectivity index (χ1v) is 13.2. The number of amides is 1. The molecule has 0 bridgehead atoms. The molecule has 0 spiro atoms. The van der Waals surface area contributed by atoms with Gasteiger partial charge in [0.25, 0.3) is 5.91 Å². The summed E-state index contributed by atoms with van der Waals surface area (Å²) in [5, 5.41) is 13.7. The molecule has 1 aromatic carbocycles. The summed E-state index contributed by atoms with van der Waals surface area (Å²) in [6, 6.07) is 15.1. The van der Waals surface area contributed by atoms with Crippen molar-refractivity contribution in [2.24, 2.45) is 0 Å². The van der Waals surface area contributed by atoms with Crippen LogP contribution in [0.3, 0.4) is 0 Å². The van der Waals surface area contributed by atoms with Gasteiger partial charge in [-0.1, -0.05) is 13.0 Å². The van der Waals surface area contributed by atoms with Crippen LogP contribution in [0.25, 0.3) is 28.2 Å². The Hall–Kier alpha value is -4.86. The number of hydrogen-bond donors (Lipinski definition) is 1. The number of halogens is 1. The molecule has 1 N–H and O–H groups in total. The second-order valence-corrected chi connectivity index (χ2v) is 9.87. The molecule has 0 unspecified atom stereocenters. The van der Waals surface area contributed by atoms with Crippen LogP contribution in [-0.2, 0) is 13.0 Å². The third kappa shape index (κ3) is 4.41. The maximum Gasteiger partial charge on any atom is 0.337 e. The van der Waals surface area contributed by atoms with Crippen LogP contribution in [0.1, 0.15) is 58.5 Å². The van der Waals surface area contributed by atoms with Crippen molar-refractivity contribution < 1.29 is 19.1 Å². The van der Waals surface area contributed by atoms with Crippen molar-refractivity contribution in [1.29, 1.82) is 0 Å². The van der Waals surface area contributed by atoms with Crippen LogP contribution in [0.5, 0.6) is 0 Å². The number of pyridine rings is 1. The highest BCUT2D eigenvalue weighted by atomic mass is 19.1. The van der Waals surface area contributed by atoms with Crippen molar-refractivity contribution in [3.63, 3.8) is 0 Å². The zero-order valence-electron chi connectivity index (χ0n) is 22.1. The molecular formula is C30H27FN6O3. The maximum atomic E-state index is 15.3. The lowest BCUT2D eigenvalue weighted by molar-refractivity contribution is 0.0682. The molecule has 0 saturated carbocycles. The minimum Gasteiger partial charge on any atom is -0.478 e. The molecular weight excluding hydrogens is 511 g/mol. The number of aryl methyl sites for hydroxylation is 2. The number of carbonyl (C=O) groups excluding carboxylic acids is 1. The van der Waals surface area contributed by atoms with Gasteiger partial charge in [-0.2, -0.15) is 5.10 Å². The molecule has 10 heteroatoms. The lowest BCUT2D eigenvalue weighted by Gasteiger charge is -2.27. The summed E-state index contributed by atoms with van der Waals surface area (Å²) in [7, 11) is 0. The van der Waals surface area contributed by atoms with Crippen LogP contribution in [0.4, 0.5) is 4.39 Å². The number of carboxylic acid groups (broad SMARTS) is 1. The van der Waals surface area contributed by atoms with E-state index >= 15 is 4.39 Å². The van der Waals surface area contributed by atoms with Gasteiger partial charge in [-0.05, 0) is 62.2 Å². The number of nitrogens with zero attached hydrogens (tertiary/aromatic N) is 6. The molecule has 1 aliphatic heterocycles. The highest BCUT2D eigenvalue weighted by Crippen LogP contribution is 2.29. The van der Waals surface area contributed by atoms with Crippen LogP contribution in [0.15, 0.2) is 67.0 Å². The zero-order valence-corrected chi connectivity index (χ0v) is 22.1. The van der Waals surface area contributed by atoms with E-state index in [-0.39, 0.29) is 23.1 Å². The van der Waals surface area contributed by atoms with E-state index in [9.17, 15) is 9.59 Å². The molecule has 1 amide bonds. The topological polar surface area (TPSA) is 106 Å². The van der Waals surface area contributed by atoms with Gasteiger partial charge in [0.15, 0.2) is 5.65 Å². The molecule has 5 aromatic rings. The fourth-order valence-corrected chi connectivity index (χ4v) is 5.30. The molecule has 5 heterocycles. The molecule has 1 aliphatic rings. The van der Waals surface area contributed by atoms with Gasteiger partial charge in [0.2, 0.25) is 0 Å². The van der Waals surface area contributed by atoms with Crippen molar-refractivity contribution >= 4 is 17.5 Å². The van der Waals surface area contributed by atoms with Crippen molar-refractivity contribution in [1.82, 2.24) is 29.0 Å². The predicted molar refractivity (Wildman–Crippen MR) is 146 cm³/mol. The fraction of sp³-hybridized carbons (Fsp3) is 0.233. The maximum absolute atomic E-state index is 15.3. The predicted octanol–water partition coefficient (Wildman–Crippen LogP) is 5.27. The third-order valence-electron chi connectivity index (χ3n) is 7.45. The highest BCUT2D eigenvalue weighted by molar-refractivity contribution is 5.93. The van der Waals surface area contributed by atoms with Crippen LogP contribution < -0.4 is 0 Å². The van der Waals surface area contributed by atoms with Gasteiger partial charge in [0.1, 0.15) is 11.5 Å². The summed E-state index contributed by atoms with van der Waals surface area (Å²) in [6.07, 6.45) is 4.75. The van der Waals surface area contributed by atoms with Gasteiger partial charge >= 0.3 is 5.97 Å². The average molecular weight is 539 g/mol. The summed E-state index contributed by atoms with van der Waals surface area (Å²) >= 11 is 0. The SMILES string of the molecule is CCc1cc(C(=O)N2CCCn3cccc3[C@H]2C)nc2cc(-c3ccc(-c4ccc(C(=O)O)cn4)cc3F)nn12. The van der Waals surface area contributed by atoms with E-state index in [1.807, 2.05) is 31.0 Å². The Bertz CT molecular complexity index is 1760. The van der Waals surface area contributed by atoms with Gasteiger partial charge in [-0.3, -0.25) is 9.78 Å². The Kier molecular flexibility index (Phi) is 6.37. The van der Waals surface area contributed by atoms with Gasteiger partial charge in [0.05, 0.1) is 23.0 Å². The molecule has 0 saturated heterocycles. The number of aromatic nitrogens is 5. The van der Waals surface area contributed by atoms with E-state index in [0.29, 0.717) is 41.3 Å². The van der Waals surface area contributed by atoms with E-state index in [4.69, 9.17) is 5.11 Å². The monoisotopic (exact) mass is 538 g/mol. The average Bonchev–Trinajstić information content (AvgIpc) is 3.58. The largest absolute Gasteiger partial charge is 0.478 e. The van der Waals surface area contributed by atoms with E-state index < -0.39 is 11.8 Å². The van der Waals surface area contributed by atoms with E-state index in [0.717, 1.165) is 24.4 Å². The van der Waals surface area contributed by atoms with Crippen molar-refractivity contribution in [3.05, 3.63) is 95.5 Å². The number of fused-ring (bicyclic) bond motifs is 2. The number of carbonyl (C=O) groups is 2. The van der Waals surface area contributed by atoms with Crippen molar-refractivity contribution in [2.45, 2.75) is 39.3 Å². The van der Waals surface area contributed by atoms with Crippen molar-refractivity contribution in [2.75, 3.05) is 6.54 Å². The minimum atomic E-state index is -1.08. The first-order valence-electron chi connectivity index (χ1n) is 13.2. The van der Waals surface area contributed by atoms with Crippen molar-refractivity contribution in [3.8, 4) is 22.5 Å². The molecule has 0 aliphatic carbocycles. The van der Waals surface area contributed by atoms with Crippen LogP contribution in [0, 0.1) is 5.82 Å². The Morgan fingerprint density at radius 1 is 1.07 bits per heavy atom. The quantitative estimate of drug-likeness (QED) is 0.327. The number of aromatic carboxylic acids is 1. The molecule has 0 fully saturated rings. The second-order valence-electron chi connectivity index (χ2n) is 9.87. The third-order valence-corrected chi connectivity index (χ3v) is 7.45. The van der Waals surface area contributed by atoms with E-state index in [1.165, 1.54) is 18.3 Å². The van der Waals surface area contributed by atoms with Gasteiger partial charge in [-0.15, -0.1) is 0 Å². The summed E-state index contributed by atoms with van der Waals surface area (Å²) in [5.74, 6) is -1.71. The molecule has 4 aromatic heterocycles. The first kappa shape index (κ1) is 25.4.